The van der Waals surface area contributed by atoms with Crippen LogP contribution in [0, 0.1) is 0 Å². The molecule has 1 aliphatic heterocycles. The first-order chi connectivity index (χ1) is 13.9. The Hall–Kier alpha value is -2.78. The van der Waals surface area contributed by atoms with E-state index in [4.69, 9.17) is 19.9 Å². The van der Waals surface area contributed by atoms with E-state index in [0.717, 1.165) is 12.8 Å². The highest BCUT2D eigenvalue weighted by atomic mass is 32.2. The second-order valence-corrected chi connectivity index (χ2v) is 8.54. The van der Waals surface area contributed by atoms with Crippen LogP contribution in [0.2, 0.25) is 0 Å². The fourth-order valence-electron chi connectivity index (χ4n) is 3.22. The van der Waals surface area contributed by atoms with E-state index in [1.54, 1.807) is 25.3 Å². The van der Waals surface area contributed by atoms with Crippen LogP contribution in [0.25, 0.3) is 0 Å². The van der Waals surface area contributed by atoms with Gasteiger partial charge in [0, 0.05) is 18.7 Å². The van der Waals surface area contributed by atoms with E-state index in [1.807, 2.05) is 0 Å². The predicted molar refractivity (Wildman–Crippen MR) is 107 cm³/mol. The Morgan fingerprint density at radius 2 is 1.72 bits per heavy atom. The number of ether oxygens (including phenoxy) is 3. The number of nitrogens with zero attached hydrogens (tertiary/aromatic N) is 1. The minimum atomic E-state index is -3.66. The molecule has 3 rings (SSSR count). The number of carbonyl (C=O) groups is 1. The molecule has 9 heteroatoms. The number of sulfonamides is 1. The molecule has 1 heterocycles. The highest BCUT2D eigenvalue weighted by molar-refractivity contribution is 7.89. The van der Waals surface area contributed by atoms with Crippen molar-refractivity contribution in [3.05, 3.63) is 47.5 Å². The Morgan fingerprint density at radius 3 is 2.34 bits per heavy atom. The van der Waals surface area contributed by atoms with Crippen molar-refractivity contribution >= 4 is 15.9 Å². The molecule has 2 N–H and O–H groups in total. The lowest BCUT2D eigenvalue weighted by atomic mass is 10.1. The molecule has 2 aromatic rings. The largest absolute Gasteiger partial charge is 0.497 e. The second-order valence-electron chi connectivity index (χ2n) is 6.60. The van der Waals surface area contributed by atoms with Crippen molar-refractivity contribution in [3.63, 3.8) is 0 Å². The van der Waals surface area contributed by atoms with Gasteiger partial charge in [0.25, 0.3) is 5.91 Å². The summed E-state index contributed by atoms with van der Waals surface area (Å²) in [7, 11) is -0.572. The van der Waals surface area contributed by atoms with Gasteiger partial charge in [0.1, 0.15) is 23.9 Å². The molecule has 0 aromatic heterocycles. The average molecular weight is 420 g/mol. The molecule has 8 nitrogen and oxygen atoms in total. The molecule has 156 valence electrons. The van der Waals surface area contributed by atoms with Gasteiger partial charge in [-0.05, 0) is 49.2 Å². The van der Waals surface area contributed by atoms with Gasteiger partial charge in [-0.1, -0.05) is 0 Å². The number of primary amides is 1. The molecule has 1 aliphatic rings. The van der Waals surface area contributed by atoms with Crippen molar-refractivity contribution in [2.45, 2.75) is 24.3 Å². The number of nitrogens with two attached hydrogens (primary N) is 1. The van der Waals surface area contributed by atoms with Gasteiger partial charge in [-0.2, -0.15) is 4.31 Å². The van der Waals surface area contributed by atoms with Crippen molar-refractivity contribution in [2.75, 3.05) is 27.3 Å². The molecule has 0 unspecified atom stereocenters. The maximum absolute atomic E-state index is 12.8. The third-order valence-electron chi connectivity index (χ3n) is 4.79. The van der Waals surface area contributed by atoms with E-state index in [1.165, 1.54) is 29.6 Å². The van der Waals surface area contributed by atoms with Crippen LogP contribution in [0.5, 0.6) is 17.2 Å². The molecular formula is C20H24N2O6S. The maximum Gasteiger partial charge on any atom is 0.252 e. The minimum Gasteiger partial charge on any atom is -0.497 e. The first-order valence-electron chi connectivity index (χ1n) is 9.14. The zero-order valence-corrected chi connectivity index (χ0v) is 17.2. The first-order valence-corrected chi connectivity index (χ1v) is 10.6. The zero-order chi connectivity index (χ0) is 21.0. The lowest BCUT2D eigenvalue weighted by molar-refractivity contribution is 0.0995. The number of hydrogen-bond acceptors (Lipinski definition) is 6. The van der Waals surface area contributed by atoms with E-state index in [2.05, 4.69) is 0 Å². The molecular weight excluding hydrogens is 396 g/mol. The van der Waals surface area contributed by atoms with Gasteiger partial charge >= 0.3 is 0 Å². The smallest absolute Gasteiger partial charge is 0.252 e. The maximum atomic E-state index is 12.8. The molecule has 0 saturated carbocycles. The number of hydrogen-bond donors (Lipinski definition) is 1. The Bertz CT molecular complexity index is 1000. The van der Waals surface area contributed by atoms with Crippen molar-refractivity contribution in [3.8, 4) is 17.2 Å². The summed E-state index contributed by atoms with van der Waals surface area (Å²) in [4.78, 5) is 12.0. The van der Waals surface area contributed by atoms with E-state index < -0.39 is 15.9 Å². The van der Waals surface area contributed by atoms with Crippen molar-refractivity contribution < 1.29 is 27.4 Å². The van der Waals surface area contributed by atoms with E-state index in [-0.39, 0.29) is 22.8 Å². The fourth-order valence-corrected chi connectivity index (χ4v) is 4.76. The molecule has 1 fully saturated rings. The number of carbonyl (C=O) groups excluding carboxylic acids is 1. The fraction of sp³-hybridized carbons (Fsp3) is 0.350. The van der Waals surface area contributed by atoms with Crippen LogP contribution in [-0.2, 0) is 16.6 Å². The number of benzene rings is 2. The van der Waals surface area contributed by atoms with Crippen LogP contribution in [0.4, 0.5) is 0 Å². The third kappa shape index (κ3) is 4.46. The number of rotatable bonds is 8. The van der Waals surface area contributed by atoms with Crippen molar-refractivity contribution in [1.29, 1.82) is 0 Å². The topological polar surface area (TPSA) is 108 Å². The van der Waals surface area contributed by atoms with Gasteiger partial charge < -0.3 is 19.9 Å². The van der Waals surface area contributed by atoms with Gasteiger partial charge in [0.05, 0.1) is 24.7 Å². The molecule has 0 atom stereocenters. The van der Waals surface area contributed by atoms with Gasteiger partial charge in [-0.3, -0.25) is 4.79 Å². The summed E-state index contributed by atoms with van der Waals surface area (Å²) in [5, 5.41) is 0. The summed E-state index contributed by atoms with van der Waals surface area (Å²) in [6.07, 6.45) is 1.65. The number of methoxy groups -OCH3 is 2. The average Bonchev–Trinajstić information content (AvgIpc) is 3.27. The highest BCUT2D eigenvalue weighted by Crippen LogP contribution is 2.29. The standard InChI is InChI=1S/C20H24N2O6S/c1-26-15-5-7-18(27-2)14(11-15)13-28-19-8-6-16(12-17(19)20(21)23)29(24,25)22-9-3-4-10-22/h5-8,11-12H,3-4,9-10,13H2,1-2H3,(H2,21,23). The Balaban J connectivity index is 1.88. The van der Waals surface area contributed by atoms with Crippen molar-refractivity contribution in [1.82, 2.24) is 4.31 Å². The monoisotopic (exact) mass is 420 g/mol. The molecule has 1 saturated heterocycles. The Kier molecular flexibility index (Phi) is 6.29. The van der Waals surface area contributed by atoms with Gasteiger partial charge in [0.15, 0.2) is 0 Å². The summed E-state index contributed by atoms with van der Waals surface area (Å²) in [6.45, 7) is 1.03. The highest BCUT2D eigenvalue weighted by Gasteiger charge is 2.28. The summed E-state index contributed by atoms with van der Waals surface area (Å²) >= 11 is 0. The van der Waals surface area contributed by atoms with Gasteiger partial charge in [0.2, 0.25) is 10.0 Å². The predicted octanol–water partition coefficient (Wildman–Crippen LogP) is 2.17. The Morgan fingerprint density at radius 1 is 1.03 bits per heavy atom. The van der Waals surface area contributed by atoms with E-state index >= 15 is 0 Å². The molecule has 0 spiro atoms. The quantitative estimate of drug-likeness (QED) is 0.701. The molecule has 0 bridgehead atoms. The lowest BCUT2D eigenvalue weighted by Crippen LogP contribution is -2.28. The SMILES string of the molecule is COc1ccc(OC)c(COc2ccc(S(=O)(=O)N3CCCC3)cc2C(N)=O)c1. The van der Waals surface area contributed by atoms with Crippen LogP contribution < -0.4 is 19.9 Å². The summed E-state index contributed by atoms with van der Waals surface area (Å²) < 4.78 is 43.2. The summed E-state index contributed by atoms with van der Waals surface area (Å²) in [5.74, 6) is 0.657. The number of amides is 1. The normalized spacial score (nSPS) is 14.6. The minimum absolute atomic E-state index is 0.00661. The van der Waals surface area contributed by atoms with Crippen LogP contribution in [0.1, 0.15) is 28.8 Å². The van der Waals surface area contributed by atoms with Crippen LogP contribution in [0.15, 0.2) is 41.3 Å². The Labute approximate surface area is 170 Å². The second kappa shape index (κ2) is 8.71. The summed E-state index contributed by atoms with van der Waals surface area (Å²) in [5.41, 5.74) is 6.19. The first kappa shape index (κ1) is 20.9. The van der Waals surface area contributed by atoms with Crippen LogP contribution in [-0.4, -0.2) is 45.9 Å². The molecule has 29 heavy (non-hydrogen) atoms. The molecule has 0 aliphatic carbocycles. The van der Waals surface area contributed by atoms with E-state index in [9.17, 15) is 13.2 Å². The van der Waals surface area contributed by atoms with Gasteiger partial charge in [-0.25, -0.2) is 8.42 Å². The summed E-state index contributed by atoms with van der Waals surface area (Å²) in [6, 6.07) is 9.42. The molecule has 2 aromatic carbocycles. The zero-order valence-electron chi connectivity index (χ0n) is 16.4. The lowest BCUT2D eigenvalue weighted by Gasteiger charge is -2.17. The van der Waals surface area contributed by atoms with Crippen molar-refractivity contribution in [2.24, 2.45) is 5.73 Å². The van der Waals surface area contributed by atoms with Gasteiger partial charge in [-0.15, -0.1) is 0 Å². The van der Waals surface area contributed by atoms with Crippen LogP contribution in [0.3, 0.4) is 0 Å². The van der Waals surface area contributed by atoms with E-state index in [0.29, 0.717) is 30.2 Å². The molecule has 0 radical (unpaired) electrons. The molecule has 1 amide bonds. The van der Waals surface area contributed by atoms with Crippen LogP contribution >= 0.6 is 0 Å². The third-order valence-corrected chi connectivity index (χ3v) is 6.68.